The third-order valence-electron chi connectivity index (χ3n) is 2.03. The number of hydrogen-bond donors (Lipinski definition) is 0. The first-order valence-corrected chi connectivity index (χ1v) is 3.37. The van der Waals surface area contributed by atoms with Crippen LogP contribution in [-0.4, -0.2) is 24.0 Å². The van der Waals surface area contributed by atoms with E-state index in [0.717, 1.165) is 12.3 Å². The van der Waals surface area contributed by atoms with Crippen molar-refractivity contribution >= 4 is 0 Å². The van der Waals surface area contributed by atoms with Gasteiger partial charge in [0.25, 0.3) is 0 Å². The molecule has 3 heterocycles. The van der Waals surface area contributed by atoms with Gasteiger partial charge in [-0.15, -0.1) is 0 Å². The minimum atomic E-state index is -0.519. The summed E-state index contributed by atoms with van der Waals surface area (Å²) >= 11 is 0. The number of fused-ring (bicyclic) bond motifs is 1. The summed E-state index contributed by atoms with van der Waals surface area (Å²) in [7, 11) is 0. The molecule has 1 fully saturated rings. The molecule has 0 amide bonds. The van der Waals surface area contributed by atoms with E-state index in [1.165, 1.54) is 0 Å². The van der Waals surface area contributed by atoms with Gasteiger partial charge in [0.2, 0.25) is 0 Å². The van der Waals surface area contributed by atoms with Gasteiger partial charge in [-0.2, -0.15) is 0 Å². The second-order valence-corrected chi connectivity index (χ2v) is 2.67. The van der Waals surface area contributed by atoms with Gasteiger partial charge >= 0.3 is 5.91 Å². The lowest BCUT2D eigenvalue weighted by Crippen LogP contribution is -2.39. The summed E-state index contributed by atoms with van der Waals surface area (Å²) < 4.78 is 10.9. The van der Waals surface area contributed by atoms with Crippen LogP contribution >= 0.6 is 0 Å². The molecule has 0 aromatic rings. The Kier molecular flexibility index (Phi) is 0.587. The first kappa shape index (κ1) is 4.79. The zero-order valence-corrected chi connectivity index (χ0v) is 5.41. The van der Waals surface area contributed by atoms with E-state index in [0.29, 0.717) is 6.61 Å². The van der Waals surface area contributed by atoms with Gasteiger partial charge in [-0.1, -0.05) is 6.08 Å². The summed E-state index contributed by atoms with van der Waals surface area (Å²) in [6, 6.07) is 0. The van der Waals surface area contributed by atoms with Crippen molar-refractivity contribution in [3.63, 3.8) is 0 Å². The Hall–Kier alpha value is -0.960. The van der Waals surface area contributed by atoms with Crippen LogP contribution in [0.2, 0.25) is 0 Å². The minimum absolute atomic E-state index is 0.519. The Morgan fingerprint density at radius 1 is 1.60 bits per heavy atom. The molecular weight excluding hydrogens is 130 g/mol. The van der Waals surface area contributed by atoms with Crippen molar-refractivity contribution in [3.05, 3.63) is 24.1 Å². The summed E-state index contributed by atoms with van der Waals surface area (Å²) in [6.07, 6.45) is 6.03. The molecule has 2 bridgehead atoms. The van der Waals surface area contributed by atoms with Gasteiger partial charge in [0.15, 0.2) is 0 Å². The molecule has 10 heavy (non-hydrogen) atoms. The van der Waals surface area contributed by atoms with Crippen molar-refractivity contribution in [3.8, 4) is 0 Å². The van der Waals surface area contributed by atoms with Crippen LogP contribution in [0.5, 0.6) is 0 Å². The molecule has 1 atom stereocenters. The van der Waals surface area contributed by atoms with Gasteiger partial charge in [-0.25, -0.2) is 0 Å². The topological polar surface area (TPSA) is 21.7 Å². The predicted molar refractivity (Wildman–Crippen MR) is 33.7 cm³/mol. The second-order valence-electron chi connectivity index (χ2n) is 2.67. The van der Waals surface area contributed by atoms with E-state index in [4.69, 9.17) is 9.47 Å². The smallest absolute Gasteiger partial charge is 0.316 e. The Morgan fingerprint density at radius 3 is 3.40 bits per heavy atom. The predicted octanol–water partition coefficient (Wildman–Crippen LogP) is 0.414. The number of nitrogens with zero attached hydrogens (tertiary/aromatic N) is 1. The van der Waals surface area contributed by atoms with E-state index in [1.54, 1.807) is 0 Å². The van der Waals surface area contributed by atoms with Crippen molar-refractivity contribution in [1.82, 2.24) is 4.90 Å². The van der Waals surface area contributed by atoms with Gasteiger partial charge in [-0.3, -0.25) is 0 Å². The maximum absolute atomic E-state index is 5.46. The Labute approximate surface area is 58.5 Å². The van der Waals surface area contributed by atoms with E-state index < -0.39 is 5.91 Å². The molecule has 0 aliphatic carbocycles. The Morgan fingerprint density at radius 2 is 2.60 bits per heavy atom. The molecule has 0 N–H and O–H groups in total. The van der Waals surface area contributed by atoms with Crippen LogP contribution < -0.4 is 0 Å². The number of ether oxygens (including phenoxy) is 2. The van der Waals surface area contributed by atoms with Crippen LogP contribution in [0.1, 0.15) is 0 Å². The molecule has 0 aromatic carbocycles. The van der Waals surface area contributed by atoms with Crippen molar-refractivity contribution < 1.29 is 9.47 Å². The second kappa shape index (κ2) is 1.22. The molecule has 1 saturated heterocycles. The third-order valence-corrected chi connectivity index (χ3v) is 2.03. The van der Waals surface area contributed by atoms with Gasteiger partial charge < -0.3 is 14.4 Å². The maximum atomic E-state index is 5.46. The lowest BCUT2D eigenvalue weighted by Gasteiger charge is -2.26. The van der Waals surface area contributed by atoms with Gasteiger partial charge in [0.05, 0.1) is 0 Å². The lowest BCUT2D eigenvalue weighted by molar-refractivity contribution is -0.173. The Bertz CT molecular complexity index is 246. The summed E-state index contributed by atoms with van der Waals surface area (Å²) in [6.45, 7) is 1.53. The number of rotatable bonds is 0. The molecular formula is C7H7NO2. The van der Waals surface area contributed by atoms with E-state index in [1.807, 2.05) is 17.2 Å². The van der Waals surface area contributed by atoms with E-state index >= 15 is 0 Å². The molecule has 0 aromatic heterocycles. The molecule has 3 nitrogen and oxygen atoms in total. The molecule has 3 aliphatic rings. The van der Waals surface area contributed by atoms with Crippen LogP contribution in [0.3, 0.4) is 0 Å². The largest absolute Gasteiger partial charge is 0.441 e. The summed E-state index contributed by atoms with van der Waals surface area (Å²) in [4.78, 5) is 2.05. The summed E-state index contributed by atoms with van der Waals surface area (Å²) in [5.41, 5.74) is 0. The summed E-state index contributed by atoms with van der Waals surface area (Å²) in [5, 5.41) is 0. The van der Waals surface area contributed by atoms with Crippen molar-refractivity contribution in [1.29, 1.82) is 0 Å². The molecule has 0 radical (unpaired) electrons. The highest BCUT2D eigenvalue weighted by Gasteiger charge is 2.49. The van der Waals surface area contributed by atoms with Crippen LogP contribution in [0, 0.1) is 0 Å². The fourth-order valence-electron chi connectivity index (χ4n) is 1.56. The molecule has 52 valence electrons. The van der Waals surface area contributed by atoms with Gasteiger partial charge in [0.1, 0.15) is 12.4 Å². The fraction of sp³-hybridized carbons (Fsp3) is 0.429. The van der Waals surface area contributed by atoms with E-state index in [-0.39, 0.29) is 0 Å². The highest BCUT2D eigenvalue weighted by molar-refractivity contribution is 5.20. The first-order valence-electron chi connectivity index (χ1n) is 3.37. The first-order chi connectivity index (χ1) is 4.89. The van der Waals surface area contributed by atoms with Crippen molar-refractivity contribution in [2.45, 2.75) is 5.91 Å². The average Bonchev–Trinajstić information content (AvgIpc) is 2.48. The zero-order valence-electron chi connectivity index (χ0n) is 5.41. The maximum Gasteiger partial charge on any atom is 0.316 e. The van der Waals surface area contributed by atoms with Crippen LogP contribution in [-0.2, 0) is 9.47 Å². The SMILES string of the molecule is C1=C[C@]23OCC(=CN2C1)O3. The zero-order chi connectivity index (χ0) is 6.60. The fourth-order valence-corrected chi connectivity index (χ4v) is 1.56. The van der Waals surface area contributed by atoms with Gasteiger partial charge in [0, 0.05) is 18.8 Å². The minimum Gasteiger partial charge on any atom is -0.441 e. The summed E-state index contributed by atoms with van der Waals surface area (Å²) in [5.74, 6) is 0.430. The molecule has 0 saturated carbocycles. The highest BCUT2D eigenvalue weighted by Crippen LogP contribution is 2.40. The standard InChI is InChI=1S/C7H7NO2/c1-2-7-8(3-1)4-6(10-7)5-9-7/h1-2,4H,3,5H2/t7-/m1/s1. The normalized spacial score (nSPS) is 40.0. The molecule has 3 heteroatoms. The third kappa shape index (κ3) is 0.351. The van der Waals surface area contributed by atoms with Crippen molar-refractivity contribution in [2.75, 3.05) is 13.2 Å². The molecule has 3 aliphatic heterocycles. The molecule has 0 unspecified atom stereocenters. The van der Waals surface area contributed by atoms with E-state index in [2.05, 4.69) is 6.08 Å². The molecule has 3 rings (SSSR count). The van der Waals surface area contributed by atoms with Gasteiger partial charge in [-0.05, 0) is 0 Å². The van der Waals surface area contributed by atoms with Crippen LogP contribution in [0.15, 0.2) is 24.1 Å². The Balaban J connectivity index is 2.14. The van der Waals surface area contributed by atoms with Crippen molar-refractivity contribution in [2.24, 2.45) is 0 Å². The van der Waals surface area contributed by atoms with Crippen LogP contribution in [0.25, 0.3) is 0 Å². The molecule has 1 spiro atoms. The van der Waals surface area contributed by atoms with Crippen LogP contribution in [0.4, 0.5) is 0 Å². The monoisotopic (exact) mass is 137 g/mol. The average molecular weight is 137 g/mol. The number of hydrogen-bond acceptors (Lipinski definition) is 3. The highest BCUT2D eigenvalue weighted by atomic mass is 16.8. The van der Waals surface area contributed by atoms with E-state index in [9.17, 15) is 0 Å². The quantitative estimate of drug-likeness (QED) is 0.451. The lowest BCUT2D eigenvalue weighted by atomic mass is 10.4.